The molecule has 1 heterocycles. The minimum Gasteiger partial charge on any atom is -0.455 e. The van der Waals surface area contributed by atoms with Gasteiger partial charge in [-0.2, -0.15) is 0 Å². The van der Waals surface area contributed by atoms with E-state index in [0.29, 0.717) is 11.6 Å². The number of quaternary nitrogens is 1. The van der Waals surface area contributed by atoms with Crippen molar-refractivity contribution >= 4 is 11.6 Å². The number of aliphatic hydroxyl groups is 1. The van der Waals surface area contributed by atoms with E-state index < -0.39 is 6.10 Å². The summed E-state index contributed by atoms with van der Waals surface area (Å²) in [5.74, 6) is 1.71. The van der Waals surface area contributed by atoms with Gasteiger partial charge in [-0.15, -0.1) is 0 Å². The molecule has 0 spiro atoms. The summed E-state index contributed by atoms with van der Waals surface area (Å²) in [6.45, 7) is 2.69. The van der Waals surface area contributed by atoms with E-state index in [1.165, 1.54) is 0 Å². The van der Waals surface area contributed by atoms with E-state index in [9.17, 15) is 5.11 Å². The van der Waals surface area contributed by atoms with E-state index in [1.54, 1.807) is 0 Å². The summed E-state index contributed by atoms with van der Waals surface area (Å²) in [5, 5.41) is 13.2. The van der Waals surface area contributed by atoms with Crippen LogP contribution >= 0.6 is 11.6 Å². The van der Waals surface area contributed by atoms with E-state index in [-0.39, 0.29) is 6.04 Å². The topological polar surface area (TPSA) is 50.0 Å². The van der Waals surface area contributed by atoms with Gasteiger partial charge in [0, 0.05) is 10.6 Å². The highest BCUT2D eigenvalue weighted by molar-refractivity contribution is 6.30. The maximum Gasteiger partial charge on any atom is 0.158 e. The van der Waals surface area contributed by atoms with Crippen LogP contribution in [0.25, 0.3) is 11.3 Å². The highest BCUT2D eigenvalue weighted by atomic mass is 35.5. The molecule has 1 aromatic heterocycles. The van der Waals surface area contributed by atoms with Gasteiger partial charge in [0.2, 0.25) is 0 Å². The Labute approximate surface area is 146 Å². The summed E-state index contributed by atoms with van der Waals surface area (Å²) in [6, 6.07) is 21.3. The zero-order valence-electron chi connectivity index (χ0n) is 13.5. The van der Waals surface area contributed by atoms with Gasteiger partial charge in [-0.05, 0) is 48.9 Å². The second kappa shape index (κ2) is 7.67. The molecule has 0 aliphatic heterocycles. The van der Waals surface area contributed by atoms with Crippen molar-refractivity contribution in [2.75, 3.05) is 0 Å². The van der Waals surface area contributed by atoms with Gasteiger partial charge in [0.25, 0.3) is 0 Å². The van der Waals surface area contributed by atoms with Crippen LogP contribution in [-0.4, -0.2) is 11.1 Å². The van der Waals surface area contributed by atoms with Crippen LogP contribution < -0.4 is 5.32 Å². The van der Waals surface area contributed by atoms with Gasteiger partial charge in [0.15, 0.2) is 5.76 Å². The first-order valence-electron chi connectivity index (χ1n) is 8.04. The van der Waals surface area contributed by atoms with Crippen LogP contribution in [0.3, 0.4) is 0 Å². The van der Waals surface area contributed by atoms with Crippen LogP contribution in [0.5, 0.6) is 0 Å². The Kier molecular flexibility index (Phi) is 5.36. The molecule has 0 aliphatic rings. The monoisotopic (exact) mass is 342 g/mol. The molecule has 0 fully saturated rings. The summed E-state index contributed by atoms with van der Waals surface area (Å²) in [4.78, 5) is 0. The van der Waals surface area contributed by atoms with Crippen LogP contribution in [0, 0.1) is 0 Å². The summed E-state index contributed by atoms with van der Waals surface area (Å²) >= 11 is 5.91. The molecule has 124 valence electrons. The molecule has 4 heteroatoms. The lowest BCUT2D eigenvalue weighted by Crippen LogP contribution is -2.88. The van der Waals surface area contributed by atoms with Crippen LogP contribution in [-0.2, 0) is 6.54 Å². The van der Waals surface area contributed by atoms with Crippen molar-refractivity contribution in [2.45, 2.75) is 25.6 Å². The van der Waals surface area contributed by atoms with E-state index >= 15 is 0 Å². The Bertz CT molecular complexity index is 768. The number of hydrogen-bond donors (Lipinski definition) is 2. The number of rotatable bonds is 6. The Morgan fingerprint density at radius 1 is 1.00 bits per heavy atom. The van der Waals surface area contributed by atoms with Gasteiger partial charge in [-0.3, -0.25) is 0 Å². The Balaban J connectivity index is 1.60. The van der Waals surface area contributed by atoms with Gasteiger partial charge >= 0.3 is 0 Å². The van der Waals surface area contributed by atoms with Crippen LogP contribution in [0.15, 0.2) is 71.1 Å². The van der Waals surface area contributed by atoms with E-state index in [1.807, 2.05) is 73.7 Å². The summed E-state index contributed by atoms with van der Waals surface area (Å²) in [5.41, 5.74) is 1.94. The first-order chi connectivity index (χ1) is 11.6. The van der Waals surface area contributed by atoms with E-state index in [4.69, 9.17) is 16.0 Å². The molecular formula is C20H21ClNO2+. The molecule has 24 heavy (non-hydrogen) atoms. The molecule has 0 saturated carbocycles. The fourth-order valence-electron chi connectivity index (χ4n) is 2.64. The SMILES string of the molecule is C[C@@H]([NH2+]Cc1ccc(-c2ccc(Cl)cc2)o1)[C@H](O)c1ccccc1. The zero-order valence-corrected chi connectivity index (χ0v) is 14.3. The molecule has 0 saturated heterocycles. The predicted molar refractivity (Wildman–Crippen MR) is 95.6 cm³/mol. The molecule has 3 N–H and O–H groups in total. The standard InChI is InChI=1S/C20H20ClNO2/c1-14(20(23)16-5-3-2-4-6-16)22-13-18-11-12-19(24-18)15-7-9-17(21)10-8-15/h2-12,14,20,22-23H,13H2,1H3/p+1/t14-,20+/m1/s1. The average Bonchev–Trinajstić information content (AvgIpc) is 3.09. The molecule has 2 aromatic carbocycles. The lowest BCUT2D eigenvalue weighted by atomic mass is 10.0. The predicted octanol–water partition coefficient (Wildman–Crippen LogP) is 3.79. The minimum absolute atomic E-state index is 0.0384. The Morgan fingerprint density at radius 3 is 2.42 bits per heavy atom. The number of furan rings is 1. The van der Waals surface area contributed by atoms with Crippen LogP contribution in [0.4, 0.5) is 0 Å². The summed E-state index contributed by atoms with van der Waals surface area (Å²) < 4.78 is 5.89. The highest BCUT2D eigenvalue weighted by Crippen LogP contribution is 2.23. The minimum atomic E-state index is -0.503. The molecule has 2 atom stereocenters. The number of hydrogen-bond acceptors (Lipinski definition) is 2. The largest absolute Gasteiger partial charge is 0.455 e. The Hall–Kier alpha value is -2.07. The van der Waals surface area contributed by atoms with Crippen molar-refractivity contribution in [3.63, 3.8) is 0 Å². The maximum absolute atomic E-state index is 10.4. The first kappa shape index (κ1) is 16.8. The van der Waals surface area contributed by atoms with E-state index in [2.05, 4.69) is 5.32 Å². The normalized spacial score (nSPS) is 13.6. The van der Waals surface area contributed by atoms with Gasteiger partial charge in [0.05, 0.1) is 0 Å². The third-order valence-electron chi connectivity index (χ3n) is 4.12. The van der Waals surface area contributed by atoms with Gasteiger partial charge in [-0.1, -0.05) is 41.9 Å². The second-order valence-electron chi connectivity index (χ2n) is 5.93. The van der Waals surface area contributed by atoms with Crippen molar-refractivity contribution in [1.29, 1.82) is 0 Å². The van der Waals surface area contributed by atoms with Gasteiger partial charge in [0.1, 0.15) is 24.5 Å². The number of benzene rings is 2. The van der Waals surface area contributed by atoms with Crippen molar-refractivity contribution < 1.29 is 14.8 Å². The zero-order chi connectivity index (χ0) is 16.9. The number of nitrogens with two attached hydrogens (primary N) is 1. The second-order valence-corrected chi connectivity index (χ2v) is 6.36. The smallest absolute Gasteiger partial charge is 0.158 e. The summed E-state index contributed by atoms with van der Waals surface area (Å²) in [6.07, 6.45) is -0.503. The number of aliphatic hydroxyl groups excluding tert-OH is 1. The van der Waals surface area contributed by atoms with Crippen molar-refractivity contribution in [2.24, 2.45) is 0 Å². The van der Waals surface area contributed by atoms with Crippen LogP contribution in [0.2, 0.25) is 5.02 Å². The summed E-state index contributed by atoms with van der Waals surface area (Å²) in [7, 11) is 0. The Morgan fingerprint density at radius 2 is 1.71 bits per heavy atom. The van der Waals surface area contributed by atoms with Crippen molar-refractivity contribution in [1.82, 2.24) is 0 Å². The average molecular weight is 343 g/mol. The lowest BCUT2D eigenvalue weighted by molar-refractivity contribution is -0.710. The third-order valence-corrected chi connectivity index (χ3v) is 4.37. The molecule has 3 rings (SSSR count). The molecule has 0 radical (unpaired) electrons. The third kappa shape index (κ3) is 4.06. The lowest BCUT2D eigenvalue weighted by Gasteiger charge is -2.17. The number of halogens is 1. The first-order valence-corrected chi connectivity index (χ1v) is 8.42. The van der Waals surface area contributed by atoms with Crippen LogP contribution in [0.1, 0.15) is 24.4 Å². The van der Waals surface area contributed by atoms with Crippen molar-refractivity contribution in [3.8, 4) is 11.3 Å². The quantitative estimate of drug-likeness (QED) is 0.716. The molecule has 0 aliphatic carbocycles. The molecule has 0 amide bonds. The molecule has 3 nitrogen and oxygen atoms in total. The van der Waals surface area contributed by atoms with E-state index in [0.717, 1.165) is 22.6 Å². The molecule has 0 bridgehead atoms. The maximum atomic E-state index is 10.4. The molecular weight excluding hydrogens is 322 g/mol. The molecule has 0 unspecified atom stereocenters. The molecule has 3 aromatic rings. The van der Waals surface area contributed by atoms with Gasteiger partial charge in [-0.25, -0.2) is 0 Å². The van der Waals surface area contributed by atoms with Crippen molar-refractivity contribution in [3.05, 3.63) is 83.1 Å². The van der Waals surface area contributed by atoms with Gasteiger partial charge < -0.3 is 14.8 Å². The fraction of sp³-hybridized carbons (Fsp3) is 0.200. The highest BCUT2D eigenvalue weighted by Gasteiger charge is 2.19. The fourth-order valence-corrected chi connectivity index (χ4v) is 2.77.